The van der Waals surface area contributed by atoms with Crippen molar-refractivity contribution in [2.24, 2.45) is 0 Å². The van der Waals surface area contributed by atoms with Gasteiger partial charge in [0.15, 0.2) is 12.4 Å². The summed E-state index contributed by atoms with van der Waals surface area (Å²) >= 11 is 0. The van der Waals surface area contributed by atoms with Gasteiger partial charge in [-0.15, -0.1) is 6.58 Å². The number of amides is 2. The van der Waals surface area contributed by atoms with Crippen LogP contribution >= 0.6 is 0 Å². The molecule has 2 amide bonds. The molecule has 3 aliphatic heterocycles. The zero-order valence-corrected chi connectivity index (χ0v) is 16.6. The van der Waals surface area contributed by atoms with Gasteiger partial charge in [-0.25, -0.2) is 0 Å². The molecular formula is C19H23F3N2O8. The lowest BCUT2D eigenvalue weighted by molar-refractivity contribution is -0.288. The van der Waals surface area contributed by atoms with Crippen LogP contribution in [0.2, 0.25) is 0 Å². The number of carbonyl (C=O) groups excluding carboxylic acids is 2. The van der Waals surface area contributed by atoms with Crippen molar-refractivity contribution in [3.8, 4) is 0 Å². The molecule has 0 aromatic heterocycles. The third-order valence-corrected chi connectivity index (χ3v) is 5.08. The van der Waals surface area contributed by atoms with Crippen LogP contribution in [0.1, 0.15) is 0 Å². The highest BCUT2D eigenvalue weighted by atomic mass is 19.4. The molecule has 0 unspecified atom stereocenters. The van der Waals surface area contributed by atoms with Gasteiger partial charge < -0.3 is 40.2 Å². The SMILES string of the molecule is C=CCO[C@@H]1O[C@H](C(=O)NCCNC(=O)C2=C(C(F)(F)F)[C@H]3C=C[C@@H]2O3)[C@H](O)[C@H](O)[C@H]1O. The summed E-state index contributed by atoms with van der Waals surface area (Å²) in [5, 5.41) is 34.4. The van der Waals surface area contributed by atoms with Crippen LogP contribution in [-0.2, 0) is 23.8 Å². The van der Waals surface area contributed by atoms with Crippen LogP contribution in [0, 0.1) is 0 Å². The molecule has 2 bridgehead atoms. The van der Waals surface area contributed by atoms with Gasteiger partial charge in [0.05, 0.1) is 17.8 Å². The summed E-state index contributed by atoms with van der Waals surface area (Å²) in [6.45, 7) is 2.92. The molecule has 1 saturated heterocycles. The molecule has 3 heterocycles. The van der Waals surface area contributed by atoms with E-state index >= 15 is 0 Å². The van der Waals surface area contributed by atoms with Gasteiger partial charge in [-0.2, -0.15) is 13.2 Å². The number of hydrogen-bond acceptors (Lipinski definition) is 8. The van der Waals surface area contributed by atoms with E-state index in [0.29, 0.717) is 0 Å². The largest absolute Gasteiger partial charge is 0.416 e. The van der Waals surface area contributed by atoms with Crippen LogP contribution in [0.5, 0.6) is 0 Å². The van der Waals surface area contributed by atoms with E-state index in [1.165, 1.54) is 18.2 Å². The highest BCUT2D eigenvalue weighted by Crippen LogP contribution is 2.43. The molecule has 13 heteroatoms. The molecular weight excluding hydrogens is 441 g/mol. The standard InChI is InChI=1S/C19H23F3N2O8/c1-2-7-30-18-14(27)12(25)13(26)15(32-18)17(29)24-6-5-23-16(28)10-8-3-4-9(31-8)11(10)19(20,21)22/h2-4,8-9,12-15,18,25-27H,1,5-7H2,(H,23,28)(H,24,29)/t8-,9+,12-,13+,14+,15-,18+/m0/s1. The van der Waals surface area contributed by atoms with E-state index in [1.54, 1.807) is 0 Å². The van der Waals surface area contributed by atoms with Crippen LogP contribution in [0.3, 0.4) is 0 Å². The summed E-state index contributed by atoms with van der Waals surface area (Å²) in [6.07, 6.45) is -11.3. The van der Waals surface area contributed by atoms with Crippen LogP contribution < -0.4 is 10.6 Å². The van der Waals surface area contributed by atoms with Crippen LogP contribution in [0.4, 0.5) is 13.2 Å². The molecule has 10 nitrogen and oxygen atoms in total. The van der Waals surface area contributed by atoms with Crippen molar-refractivity contribution in [3.63, 3.8) is 0 Å². The summed E-state index contributed by atoms with van der Waals surface area (Å²) in [4.78, 5) is 24.6. The smallest absolute Gasteiger partial charge is 0.387 e. The van der Waals surface area contributed by atoms with E-state index in [4.69, 9.17) is 14.2 Å². The Morgan fingerprint density at radius 3 is 2.38 bits per heavy atom. The van der Waals surface area contributed by atoms with Crippen LogP contribution in [0.15, 0.2) is 36.0 Å². The first kappa shape index (κ1) is 24.4. The summed E-state index contributed by atoms with van der Waals surface area (Å²) in [5.74, 6) is -1.86. The quantitative estimate of drug-likeness (QED) is 0.214. The monoisotopic (exact) mass is 464 g/mol. The number of fused-ring (bicyclic) bond motifs is 2. The molecule has 0 aromatic rings. The average Bonchev–Trinajstić information content (AvgIpc) is 3.36. The summed E-state index contributed by atoms with van der Waals surface area (Å²) in [6, 6.07) is 0. The Hall–Kier alpha value is -2.29. The summed E-state index contributed by atoms with van der Waals surface area (Å²) in [7, 11) is 0. The van der Waals surface area contributed by atoms with Crippen LogP contribution in [-0.4, -0.2) is 95.9 Å². The van der Waals surface area contributed by atoms with Crippen molar-refractivity contribution in [2.75, 3.05) is 19.7 Å². The predicted octanol–water partition coefficient (Wildman–Crippen LogP) is -1.57. The Morgan fingerprint density at radius 2 is 1.72 bits per heavy atom. The fourth-order valence-corrected chi connectivity index (χ4v) is 3.57. The third-order valence-electron chi connectivity index (χ3n) is 5.08. The maximum Gasteiger partial charge on any atom is 0.416 e. The van der Waals surface area contributed by atoms with Gasteiger partial charge in [-0.05, 0) is 0 Å². The second-order valence-corrected chi connectivity index (χ2v) is 7.25. The van der Waals surface area contributed by atoms with Gasteiger partial charge in [0.2, 0.25) is 0 Å². The number of alkyl halides is 3. The van der Waals surface area contributed by atoms with Gasteiger partial charge in [0.1, 0.15) is 30.5 Å². The molecule has 178 valence electrons. The van der Waals surface area contributed by atoms with Gasteiger partial charge in [-0.1, -0.05) is 18.2 Å². The number of aliphatic hydroxyl groups excluding tert-OH is 3. The molecule has 0 spiro atoms. The number of carbonyl (C=O) groups is 2. The molecule has 0 radical (unpaired) electrons. The lowest BCUT2D eigenvalue weighted by Gasteiger charge is -2.39. The highest BCUT2D eigenvalue weighted by Gasteiger charge is 2.51. The minimum Gasteiger partial charge on any atom is -0.387 e. The predicted molar refractivity (Wildman–Crippen MR) is 99.7 cm³/mol. The van der Waals surface area contributed by atoms with Crippen molar-refractivity contribution >= 4 is 11.8 Å². The van der Waals surface area contributed by atoms with E-state index in [0.717, 1.165) is 0 Å². The van der Waals surface area contributed by atoms with E-state index in [1.807, 2.05) is 0 Å². The maximum absolute atomic E-state index is 13.2. The second kappa shape index (κ2) is 9.68. The molecule has 1 fully saturated rings. The number of nitrogens with one attached hydrogen (secondary N) is 2. The zero-order valence-electron chi connectivity index (χ0n) is 16.6. The zero-order chi connectivity index (χ0) is 23.6. The molecule has 0 saturated carbocycles. The minimum atomic E-state index is -4.73. The fourth-order valence-electron chi connectivity index (χ4n) is 3.57. The van der Waals surface area contributed by atoms with Crippen molar-refractivity contribution in [3.05, 3.63) is 36.0 Å². The van der Waals surface area contributed by atoms with Crippen molar-refractivity contribution in [1.82, 2.24) is 10.6 Å². The minimum absolute atomic E-state index is 0.0541. The lowest BCUT2D eigenvalue weighted by atomic mass is 9.96. The Balaban J connectivity index is 1.52. The van der Waals surface area contributed by atoms with Crippen molar-refractivity contribution in [2.45, 2.75) is 49.1 Å². The van der Waals surface area contributed by atoms with Crippen molar-refractivity contribution in [1.29, 1.82) is 0 Å². The van der Waals surface area contributed by atoms with Crippen LogP contribution in [0.25, 0.3) is 0 Å². The first-order valence-electron chi connectivity index (χ1n) is 9.69. The number of hydrogen-bond donors (Lipinski definition) is 5. The first-order chi connectivity index (χ1) is 15.1. The number of aliphatic hydroxyl groups is 3. The Labute approximate surface area is 180 Å². The molecule has 3 aliphatic rings. The molecule has 0 aromatic carbocycles. The Kier molecular flexibility index (Phi) is 7.37. The van der Waals surface area contributed by atoms with Gasteiger partial charge >= 0.3 is 6.18 Å². The molecule has 5 N–H and O–H groups in total. The average molecular weight is 464 g/mol. The highest BCUT2D eigenvalue weighted by molar-refractivity contribution is 5.97. The van der Waals surface area contributed by atoms with Gasteiger partial charge in [0, 0.05) is 13.1 Å². The normalized spacial score (nSPS) is 34.0. The first-order valence-corrected chi connectivity index (χ1v) is 9.69. The van der Waals surface area contributed by atoms with E-state index in [2.05, 4.69) is 17.2 Å². The lowest BCUT2D eigenvalue weighted by Crippen LogP contribution is -2.62. The number of halogens is 3. The number of rotatable bonds is 8. The van der Waals surface area contributed by atoms with Crippen molar-refractivity contribution < 1.29 is 52.3 Å². The summed E-state index contributed by atoms with van der Waals surface area (Å²) < 4.78 is 55.1. The molecule has 32 heavy (non-hydrogen) atoms. The summed E-state index contributed by atoms with van der Waals surface area (Å²) in [5.41, 5.74) is -1.58. The number of ether oxygens (including phenoxy) is 3. The molecule has 3 rings (SSSR count). The van der Waals surface area contributed by atoms with Gasteiger partial charge in [-0.3, -0.25) is 9.59 Å². The van der Waals surface area contributed by atoms with E-state index in [9.17, 15) is 38.1 Å². The fraction of sp³-hybridized carbons (Fsp3) is 0.579. The topological polar surface area (TPSA) is 147 Å². The maximum atomic E-state index is 13.2. The second-order valence-electron chi connectivity index (χ2n) is 7.25. The third kappa shape index (κ3) is 4.87. The molecule has 7 atom stereocenters. The van der Waals surface area contributed by atoms with E-state index < -0.39 is 72.1 Å². The van der Waals surface area contributed by atoms with E-state index in [-0.39, 0.29) is 19.7 Å². The Morgan fingerprint density at radius 1 is 1.06 bits per heavy atom. The Bertz CT molecular complexity index is 815. The van der Waals surface area contributed by atoms with Gasteiger partial charge in [0.25, 0.3) is 11.8 Å². The molecule has 0 aliphatic carbocycles.